The van der Waals surface area contributed by atoms with Crippen LogP contribution in [0.3, 0.4) is 0 Å². The van der Waals surface area contributed by atoms with Crippen molar-refractivity contribution in [2.24, 2.45) is 0 Å². The molecular weight excluding hydrogens is 418 g/mol. The maximum Gasteiger partial charge on any atom is 0.409 e. The van der Waals surface area contributed by atoms with Gasteiger partial charge >= 0.3 is 6.09 Å². The number of amides is 2. The molecular formula is C22H27N3O5S. The molecule has 2 aromatic carbocycles. The van der Waals surface area contributed by atoms with E-state index >= 15 is 0 Å². The van der Waals surface area contributed by atoms with Crippen LogP contribution >= 0.6 is 0 Å². The quantitative estimate of drug-likeness (QED) is 0.652. The molecule has 0 radical (unpaired) electrons. The van der Waals surface area contributed by atoms with Gasteiger partial charge in [-0.1, -0.05) is 48.5 Å². The molecule has 1 fully saturated rings. The van der Waals surface area contributed by atoms with Crippen LogP contribution in [-0.4, -0.2) is 73.9 Å². The van der Waals surface area contributed by atoms with Gasteiger partial charge in [0.2, 0.25) is 15.9 Å². The van der Waals surface area contributed by atoms with Crippen molar-refractivity contribution in [2.45, 2.75) is 18.4 Å². The van der Waals surface area contributed by atoms with E-state index in [1.54, 1.807) is 34.9 Å². The molecule has 2 aromatic rings. The van der Waals surface area contributed by atoms with Gasteiger partial charge in [-0.05, 0) is 24.6 Å². The van der Waals surface area contributed by atoms with Crippen LogP contribution in [0.5, 0.6) is 0 Å². The zero-order valence-corrected chi connectivity index (χ0v) is 18.3. The molecule has 31 heavy (non-hydrogen) atoms. The zero-order chi connectivity index (χ0) is 22.3. The molecule has 166 valence electrons. The van der Waals surface area contributed by atoms with E-state index in [1.807, 2.05) is 30.3 Å². The van der Waals surface area contributed by atoms with Gasteiger partial charge in [0.15, 0.2) is 0 Å². The maximum atomic E-state index is 13.3. The van der Waals surface area contributed by atoms with Gasteiger partial charge in [-0.2, -0.15) is 4.31 Å². The molecule has 0 atom stereocenters. The molecule has 1 aliphatic rings. The average Bonchev–Trinajstić information content (AvgIpc) is 2.80. The van der Waals surface area contributed by atoms with Crippen LogP contribution in [-0.2, 0) is 26.1 Å². The van der Waals surface area contributed by atoms with Crippen LogP contribution in [0.25, 0.3) is 0 Å². The first-order valence-corrected chi connectivity index (χ1v) is 11.6. The molecule has 9 heteroatoms. The van der Waals surface area contributed by atoms with E-state index in [2.05, 4.69) is 0 Å². The highest BCUT2D eigenvalue weighted by atomic mass is 32.2. The number of benzene rings is 2. The Bertz CT molecular complexity index is 975. The highest BCUT2D eigenvalue weighted by Gasteiger charge is 2.30. The second-order valence-corrected chi connectivity index (χ2v) is 9.08. The number of carbonyl (C=O) groups is 2. The number of piperazine rings is 1. The summed E-state index contributed by atoms with van der Waals surface area (Å²) in [4.78, 5) is 28.1. The molecule has 0 bridgehead atoms. The molecule has 2 amide bonds. The molecule has 1 aliphatic heterocycles. The van der Waals surface area contributed by atoms with E-state index in [-0.39, 0.29) is 23.9 Å². The summed E-state index contributed by atoms with van der Waals surface area (Å²) in [7, 11) is -3.86. The predicted octanol–water partition coefficient (Wildman–Crippen LogP) is 2.18. The van der Waals surface area contributed by atoms with E-state index in [0.717, 1.165) is 5.56 Å². The molecule has 8 nitrogen and oxygen atoms in total. The highest BCUT2D eigenvalue weighted by Crippen LogP contribution is 2.19. The molecule has 0 spiro atoms. The van der Waals surface area contributed by atoms with E-state index in [0.29, 0.717) is 32.8 Å². The van der Waals surface area contributed by atoms with Crippen LogP contribution in [0.15, 0.2) is 65.6 Å². The van der Waals surface area contributed by atoms with E-state index < -0.39 is 16.1 Å². The summed E-state index contributed by atoms with van der Waals surface area (Å²) in [6.45, 7) is 3.24. The lowest BCUT2D eigenvalue weighted by Crippen LogP contribution is -2.53. The van der Waals surface area contributed by atoms with Crippen LogP contribution < -0.4 is 0 Å². The van der Waals surface area contributed by atoms with Crippen molar-refractivity contribution in [1.29, 1.82) is 0 Å². The van der Waals surface area contributed by atoms with Crippen molar-refractivity contribution >= 4 is 22.0 Å². The molecule has 1 heterocycles. The average molecular weight is 446 g/mol. The number of hydrogen-bond donors (Lipinski definition) is 0. The summed E-state index contributed by atoms with van der Waals surface area (Å²) in [5.41, 5.74) is 0.793. The van der Waals surface area contributed by atoms with Gasteiger partial charge in [-0.15, -0.1) is 0 Å². The van der Waals surface area contributed by atoms with Crippen molar-refractivity contribution in [1.82, 2.24) is 14.1 Å². The van der Waals surface area contributed by atoms with Crippen LogP contribution in [0, 0.1) is 0 Å². The summed E-state index contributed by atoms with van der Waals surface area (Å²) >= 11 is 0. The fourth-order valence-corrected chi connectivity index (χ4v) is 4.76. The topological polar surface area (TPSA) is 87.2 Å². The summed E-state index contributed by atoms with van der Waals surface area (Å²) in [6.07, 6.45) is -0.396. The van der Waals surface area contributed by atoms with Crippen molar-refractivity contribution < 1.29 is 22.7 Å². The standard InChI is InChI=1S/C22H27N3O5S/c1-2-30-22(27)24-15-13-23(14-16-24)21(26)18-25(17-19-9-5-3-6-10-19)31(28,29)20-11-7-4-8-12-20/h3-12H,2,13-18H2,1H3. The minimum Gasteiger partial charge on any atom is -0.450 e. The Hall–Kier alpha value is -2.91. The molecule has 3 rings (SSSR count). The van der Waals surface area contributed by atoms with Crippen molar-refractivity contribution in [2.75, 3.05) is 39.3 Å². The summed E-state index contributed by atoms with van der Waals surface area (Å²) < 4.78 is 32.7. The van der Waals surface area contributed by atoms with Gasteiger partial charge in [-0.3, -0.25) is 4.79 Å². The second kappa shape index (κ2) is 10.4. The SMILES string of the molecule is CCOC(=O)N1CCN(C(=O)CN(Cc2ccccc2)S(=O)(=O)c2ccccc2)CC1. The molecule has 1 saturated heterocycles. The van der Waals surface area contributed by atoms with Gasteiger partial charge in [0.1, 0.15) is 0 Å². The Morgan fingerprint density at radius 2 is 1.45 bits per heavy atom. The van der Waals surface area contributed by atoms with E-state index in [1.165, 1.54) is 16.4 Å². The van der Waals surface area contributed by atoms with Crippen molar-refractivity contribution in [3.05, 3.63) is 66.2 Å². The second-order valence-electron chi connectivity index (χ2n) is 7.14. The van der Waals surface area contributed by atoms with Gasteiger partial charge in [0.25, 0.3) is 0 Å². The fourth-order valence-electron chi connectivity index (χ4n) is 3.36. The Kier molecular flexibility index (Phi) is 7.64. The minimum absolute atomic E-state index is 0.0899. The van der Waals surface area contributed by atoms with Crippen molar-refractivity contribution in [3.63, 3.8) is 0 Å². The Balaban J connectivity index is 1.73. The lowest BCUT2D eigenvalue weighted by molar-refractivity contribution is -0.133. The highest BCUT2D eigenvalue weighted by molar-refractivity contribution is 7.89. The molecule has 0 unspecified atom stereocenters. The van der Waals surface area contributed by atoms with Gasteiger partial charge < -0.3 is 14.5 Å². The fraction of sp³-hybridized carbons (Fsp3) is 0.364. The normalized spacial score (nSPS) is 14.5. The van der Waals surface area contributed by atoms with E-state index in [4.69, 9.17) is 4.74 Å². The molecule has 0 aliphatic carbocycles. The lowest BCUT2D eigenvalue weighted by Gasteiger charge is -2.35. The first-order chi connectivity index (χ1) is 14.9. The number of carbonyl (C=O) groups excluding carboxylic acids is 2. The maximum absolute atomic E-state index is 13.3. The largest absolute Gasteiger partial charge is 0.450 e. The number of sulfonamides is 1. The number of ether oxygens (including phenoxy) is 1. The Morgan fingerprint density at radius 1 is 0.903 bits per heavy atom. The predicted molar refractivity (Wildman–Crippen MR) is 116 cm³/mol. The minimum atomic E-state index is -3.86. The third-order valence-electron chi connectivity index (χ3n) is 5.05. The summed E-state index contributed by atoms with van der Waals surface area (Å²) in [6, 6.07) is 17.3. The number of hydrogen-bond acceptors (Lipinski definition) is 5. The van der Waals surface area contributed by atoms with Gasteiger partial charge in [0.05, 0.1) is 18.0 Å². The molecule has 0 N–H and O–H groups in total. The lowest BCUT2D eigenvalue weighted by atomic mass is 10.2. The molecule has 0 aromatic heterocycles. The monoisotopic (exact) mass is 445 g/mol. The summed E-state index contributed by atoms with van der Waals surface area (Å²) in [5.74, 6) is -0.293. The Labute approximate surface area is 183 Å². The van der Waals surface area contributed by atoms with E-state index in [9.17, 15) is 18.0 Å². The van der Waals surface area contributed by atoms with Crippen LogP contribution in [0.2, 0.25) is 0 Å². The van der Waals surface area contributed by atoms with Gasteiger partial charge in [-0.25, -0.2) is 13.2 Å². The third kappa shape index (κ3) is 5.83. The first-order valence-electron chi connectivity index (χ1n) is 10.2. The van der Waals surface area contributed by atoms with Gasteiger partial charge in [0, 0.05) is 32.7 Å². The molecule has 0 saturated carbocycles. The van der Waals surface area contributed by atoms with Crippen LogP contribution in [0.4, 0.5) is 4.79 Å². The summed E-state index contributed by atoms with van der Waals surface area (Å²) in [5, 5.41) is 0. The Morgan fingerprint density at radius 3 is 2.03 bits per heavy atom. The van der Waals surface area contributed by atoms with Crippen molar-refractivity contribution in [3.8, 4) is 0 Å². The third-order valence-corrected chi connectivity index (χ3v) is 6.86. The number of rotatable bonds is 7. The number of nitrogens with zero attached hydrogens (tertiary/aromatic N) is 3. The first kappa shape index (κ1) is 22.8. The zero-order valence-electron chi connectivity index (χ0n) is 17.5. The van der Waals surface area contributed by atoms with Crippen LogP contribution in [0.1, 0.15) is 12.5 Å². The smallest absolute Gasteiger partial charge is 0.409 e.